The first-order chi connectivity index (χ1) is 17.5. The highest BCUT2D eigenvalue weighted by Gasteiger charge is 2.38. The molecule has 2 N–H and O–H groups in total. The minimum Gasteiger partial charge on any atom is -0.475 e. The highest BCUT2D eigenvalue weighted by atomic mass is 19.4. The maximum atomic E-state index is 14.2. The number of hydrogen-bond donors (Lipinski definition) is 2. The van der Waals surface area contributed by atoms with Crippen LogP contribution in [0.3, 0.4) is 0 Å². The molecule has 12 heteroatoms. The summed E-state index contributed by atoms with van der Waals surface area (Å²) in [6.07, 6.45) is 0.266. The number of nitrogens with zero attached hydrogens (tertiary/aromatic N) is 4. The Morgan fingerprint density at radius 3 is 2.11 bits per heavy atom. The fourth-order valence-electron chi connectivity index (χ4n) is 3.95. The molecule has 0 spiro atoms. The maximum absolute atomic E-state index is 14.2. The molecule has 5 rings (SSSR count). The SMILES string of the molecule is Cc1cc(-n2ncc(C3CNC3)c2-n2ccn(-c3ccccc3)c2=O)cc(C)c1F.O=C(O)C(F)(F)F. The van der Waals surface area contributed by atoms with E-state index in [9.17, 15) is 22.4 Å². The molecule has 2 aromatic carbocycles. The molecule has 1 aliphatic rings. The second-order valence-corrected chi connectivity index (χ2v) is 8.54. The van der Waals surface area contributed by atoms with E-state index in [0.717, 1.165) is 30.0 Å². The molecule has 194 valence electrons. The minimum atomic E-state index is -5.08. The zero-order valence-corrected chi connectivity index (χ0v) is 19.8. The zero-order chi connectivity index (χ0) is 26.9. The highest BCUT2D eigenvalue weighted by Crippen LogP contribution is 2.29. The number of hydrogen-bond acceptors (Lipinski definition) is 4. The number of imidazole rings is 1. The molecule has 1 aliphatic heterocycles. The summed E-state index contributed by atoms with van der Waals surface area (Å²) in [5.41, 5.74) is 3.46. The number of para-hydroxylation sites is 1. The lowest BCUT2D eigenvalue weighted by Crippen LogP contribution is -2.40. The summed E-state index contributed by atoms with van der Waals surface area (Å²) in [5.74, 6) is -1.99. The van der Waals surface area contributed by atoms with Gasteiger partial charge < -0.3 is 10.4 Å². The van der Waals surface area contributed by atoms with Gasteiger partial charge in [-0.25, -0.2) is 18.7 Å². The average Bonchev–Trinajstić information content (AvgIpc) is 3.39. The van der Waals surface area contributed by atoms with Crippen LogP contribution in [0.1, 0.15) is 22.6 Å². The van der Waals surface area contributed by atoms with Crippen LogP contribution in [0.4, 0.5) is 17.6 Å². The summed E-state index contributed by atoms with van der Waals surface area (Å²) in [6, 6.07) is 13.0. The first-order valence-electron chi connectivity index (χ1n) is 11.2. The summed E-state index contributed by atoms with van der Waals surface area (Å²) in [6.45, 7) is 5.16. The standard InChI is InChI=1S/C23H22FN5O.C2HF3O2/c1-15-10-19(11-16(2)21(15)24)29-22(20(14-26-29)17-12-25-13-17)28-9-8-27(23(28)30)18-6-4-3-5-7-18;3-2(4,5)1(6)7/h3-11,14,17,25H,12-13H2,1-2H3;(H,6,7). The smallest absolute Gasteiger partial charge is 0.475 e. The Kier molecular flexibility index (Phi) is 7.03. The minimum absolute atomic E-state index is 0.174. The van der Waals surface area contributed by atoms with E-state index in [1.165, 1.54) is 0 Å². The molecule has 8 nitrogen and oxygen atoms in total. The van der Waals surface area contributed by atoms with Gasteiger partial charge in [0.05, 0.1) is 17.6 Å². The first kappa shape index (κ1) is 25.9. The molecule has 0 radical (unpaired) electrons. The number of carboxylic acids is 1. The topological polar surface area (TPSA) is 94.1 Å². The van der Waals surface area contributed by atoms with Gasteiger partial charge in [0, 0.05) is 37.0 Å². The third kappa shape index (κ3) is 5.19. The predicted octanol–water partition coefficient (Wildman–Crippen LogP) is 3.89. The normalized spacial score (nSPS) is 13.6. The van der Waals surface area contributed by atoms with Crippen LogP contribution in [0.15, 0.2) is 65.8 Å². The van der Waals surface area contributed by atoms with Crippen molar-refractivity contribution in [2.75, 3.05) is 13.1 Å². The number of benzene rings is 2. The van der Waals surface area contributed by atoms with Gasteiger partial charge in [0.1, 0.15) is 11.6 Å². The monoisotopic (exact) mass is 517 g/mol. The van der Waals surface area contributed by atoms with Crippen molar-refractivity contribution in [2.24, 2.45) is 0 Å². The van der Waals surface area contributed by atoms with Crippen LogP contribution in [0.25, 0.3) is 17.2 Å². The molecule has 0 unspecified atom stereocenters. The largest absolute Gasteiger partial charge is 0.490 e. The van der Waals surface area contributed by atoms with E-state index in [1.807, 2.05) is 36.5 Å². The Balaban J connectivity index is 0.000000405. The lowest BCUT2D eigenvalue weighted by molar-refractivity contribution is -0.192. The molecule has 3 heterocycles. The zero-order valence-electron chi connectivity index (χ0n) is 19.8. The van der Waals surface area contributed by atoms with Crippen LogP contribution >= 0.6 is 0 Å². The van der Waals surface area contributed by atoms with Gasteiger partial charge in [0.25, 0.3) is 0 Å². The highest BCUT2D eigenvalue weighted by molar-refractivity contribution is 5.73. The van der Waals surface area contributed by atoms with Crippen LogP contribution in [-0.4, -0.2) is 49.3 Å². The Labute approximate surface area is 208 Å². The van der Waals surface area contributed by atoms with Crippen molar-refractivity contribution in [3.05, 3.63) is 94.0 Å². The van der Waals surface area contributed by atoms with E-state index in [1.54, 1.807) is 52.2 Å². The molecule has 1 saturated heterocycles. The van der Waals surface area contributed by atoms with Gasteiger partial charge >= 0.3 is 17.8 Å². The summed E-state index contributed by atoms with van der Waals surface area (Å²) in [5, 5.41) is 15.0. The van der Waals surface area contributed by atoms with Gasteiger partial charge in [-0.3, -0.25) is 9.13 Å². The number of alkyl halides is 3. The lowest BCUT2D eigenvalue weighted by atomic mass is 9.96. The number of rotatable bonds is 4. The number of halogens is 4. The Morgan fingerprint density at radius 2 is 1.59 bits per heavy atom. The molecular formula is C25H23F4N5O3. The van der Waals surface area contributed by atoms with E-state index in [-0.39, 0.29) is 17.4 Å². The number of carbonyl (C=O) groups is 1. The van der Waals surface area contributed by atoms with E-state index < -0.39 is 12.1 Å². The number of aryl methyl sites for hydroxylation is 2. The van der Waals surface area contributed by atoms with Crippen molar-refractivity contribution < 1.29 is 27.5 Å². The Bertz CT molecular complexity index is 1460. The van der Waals surface area contributed by atoms with Crippen LogP contribution in [0.5, 0.6) is 0 Å². The molecule has 0 bridgehead atoms. The van der Waals surface area contributed by atoms with Crippen molar-refractivity contribution >= 4 is 5.97 Å². The van der Waals surface area contributed by atoms with Crippen molar-refractivity contribution in [1.29, 1.82) is 0 Å². The van der Waals surface area contributed by atoms with E-state index in [4.69, 9.17) is 9.90 Å². The molecule has 37 heavy (non-hydrogen) atoms. The van der Waals surface area contributed by atoms with Crippen LogP contribution < -0.4 is 11.0 Å². The van der Waals surface area contributed by atoms with Gasteiger partial charge in [-0.15, -0.1) is 0 Å². The molecule has 2 aromatic heterocycles. The molecule has 4 aromatic rings. The first-order valence-corrected chi connectivity index (χ1v) is 11.2. The van der Waals surface area contributed by atoms with Gasteiger partial charge in [0.15, 0.2) is 0 Å². The maximum Gasteiger partial charge on any atom is 0.490 e. The fraction of sp³-hybridized carbons (Fsp3) is 0.240. The summed E-state index contributed by atoms with van der Waals surface area (Å²) in [4.78, 5) is 22.2. The third-order valence-electron chi connectivity index (χ3n) is 5.94. The van der Waals surface area contributed by atoms with Crippen LogP contribution in [0, 0.1) is 19.7 Å². The number of nitrogens with one attached hydrogen (secondary N) is 1. The van der Waals surface area contributed by atoms with Gasteiger partial charge in [-0.2, -0.15) is 18.3 Å². The second-order valence-electron chi connectivity index (χ2n) is 8.54. The third-order valence-corrected chi connectivity index (χ3v) is 5.94. The summed E-state index contributed by atoms with van der Waals surface area (Å²) in [7, 11) is 0. The second kappa shape index (κ2) is 10.1. The fourth-order valence-corrected chi connectivity index (χ4v) is 3.95. The number of aliphatic carboxylic acids is 1. The molecule has 0 amide bonds. The number of aromatic nitrogens is 4. The van der Waals surface area contributed by atoms with Gasteiger partial charge in [-0.05, 0) is 49.2 Å². The predicted molar refractivity (Wildman–Crippen MR) is 127 cm³/mol. The van der Waals surface area contributed by atoms with Crippen molar-refractivity contribution in [1.82, 2.24) is 24.2 Å². The van der Waals surface area contributed by atoms with Crippen molar-refractivity contribution in [3.63, 3.8) is 0 Å². The molecule has 0 aliphatic carbocycles. The molecule has 1 fully saturated rings. The molecule has 0 atom stereocenters. The van der Waals surface area contributed by atoms with E-state index in [0.29, 0.717) is 16.9 Å². The van der Waals surface area contributed by atoms with E-state index in [2.05, 4.69) is 10.4 Å². The molecular weight excluding hydrogens is 494 g/mol. The molecule has 0 saturated carbocycles. The number of carboxylic acid groups (broad SMARTS) is 1. The van der Waals surface area contributed by atoms with Gasteiger partial charge in [-0.1, -0.05) is 18.2 Å². The van der Waals surface area contributed by atoms with Crippen LogP contribution in [-0.2, 0) is 4.79 Å². The Morgan fingerprint density at radius 1 is 1.03 bits per heavy atom. The van der Waals surface area contributed by atoms with Gasteiger partial charge in [0.2, 0.25) is 0 Å². The van der Waals surface area contributed by atoms with Crippen LogP contribution in [0.2, 0.25) is 0 Å². The lowest BCUT2D eigenvalue weighted by Gasteiger charge is -2.27. The average molecular weight is 517 g/mol. The Hall–Kier alpha value is -4.19. The van der Waals surface area contributed by atoms with Crippen molar-refractivity contribution in [3.8, 4) is 17.2 Å². The summed E-state index contributed by atoms with van der Waals surface area (Å²) >= 11 is 0. The van der Waals surface area contributed by atoms with Crippen molar-refractivity contribution in [2.45, 2.75) is 25.9 Å². The summed E-state index contributed by atoms with van der Waals surface area (Å²) < 4.78 is 50.9. The van der Waals surface area contributed by atoms with E-state index >= 15 is 0 Å². The quantitative estimate of drug-likeness (QED) is 0.401.